The number of aromatic nitrogens is 3. The van der Waals surface area contributed by atoms with E-state index in [1.54, 1.807) is 12.4 Å². The molecule has 0 aromatic carbocycles. The van der Waals surface area contributed by atoms with Gasteiger partial charge in [-0.25, -0.2) is 0 Å². The molecule has 0 aliphatic carbocycles. The van der Waals surface area contributed by atoms with Gasteiger partial charge in [0.2, 0.25) is 0 Å². The molecule has 0 radical (unpaired) electrons. The van der Waals surface area contributed by atoms with E-state index in [1.807, 2.05) is 29.1 Å². The van der Waals surface area contributed by atoms with Crippen LogP contribution in [0.5, 0.6) is 0 Å². The Morgan fingerprint density at radius 3 is 2.63 bits per heavy atom. The van der Waals surface area contributed by atoms with Crippen LogP contribution in [-0.4, -0.2) is 26.0 Å². The Hall–Kier alpha value is -1.68. The van der Waals surface area contributed by atoms with Gasteiger partial charge in [0.15, 0.2) is 0 Å². The molecule has 4 heteroatoms. The standard InChI is InChI=1S/C15H21N3O/c1-3-12(2)18-9-6-14(17-18)11-15(19)10-13-4-7-16-8-5-13/h4-9,12,15,19H,3,10-11H2,1-2H3. The predicted molar refractivity (Wildman–Crippen MR) is 74.9 cm³/mol. The van der Waals surface area contributed by atoms with Crippen molar-refractivity contribution in [1.82, 2.24) is 14.8 Å². The summed E-state index contributed by atoms with van der Waals surface area (Å²) in [6.45, 7) is 4.29. The summed E-state index contributed by atoms with van der Waals surface area (Å²) in [6, 6.07) is 6.26. The lowest BCUT2D eigenvalue weighted by atomic mass is 10.1. The molecule has 0 aliphatic heterocycles. The number of rotatable bonds is 6. The van der Waals surface area contributed by atoms with Crippen LogP contribution in [0.25, 0.3) is 0 Å². The molecule has 2 atom stereocenters. The maximum Gasteiger partial charge on any atom is 0.0650 e. The predicted octanol–water partition coefficient (Wildman–Crippen LogP) is 2.40. The number of nitrogens with zero attached hydrogens (tertiary/aromatic N) is 3. The third-order valence-electron chi connectivity index (χ3n) is 3.37. The van der Waals surface area contributed by atoms with E-state index < -0.39 is 6.10 Å². The van der Waals surface area contributed by atoms with Crippen LogP contribution in [0.3, 0.4) is 0 Å². The second-order valence-electron chi connectivity index (χ2n) is 4.96. The fourth-order valence-electron chi connectivity index (χ4n) is 2.02. The first-order chi connectivity index (χ1) is 9.19. The van der Waals surface area contributed by atoms with Gasteiger partial charge in [-0.1, -0.05) is 6.92 Å². The SMILES string of the molecule is CCC(C)n1ccc(CC(O)Cc2ccncc2)n1. The van der Waals surface area contributed by atoms with Crippen LogP contribution in [0.2, 0.25) is 0 Å². The van der Waals surface area contributed by atoms with Crippen molar-refractivity contribution in [2.75, 3.05) is 0 Å². The maximum atomic E-state index is 10.1. The largest absolute Gasteiger partial charge is 0.392 e. The number of aliphatic hydroxyl groups excluding tert-OH is 1. The lowest BCUT2D eigenvalue weighted by Crippen LogP contribution is -2.15. The number of hydrogen-bond acceptors (Lipinski definition) is 3. The normalized spacial score (nSPS) is 14.3. The summed E-state index contributed by atoms with van der Waals surface area (Å²) in [5, 5.41) is 14.6. The van der Waals surface area contributed by atoms with Gasteiger partial charge < -0.3 is 5.11 Å². The minimum atomic E-state index is -0.400. The van der Waals surface area contributed by atoms with E-state index in [9.17, 15) is 5.11 Å². The molecule has 0 fully saturated rings. The molecule has 19 heavy (non-hydrogen) atoms. The van der Waals surface area contributed by atoms with E-state index in [2.05, 4.69) is 23.9 Å². The van der Waals surface area contributed by atoms with Gasteiger partial charge in [-0.2, -0.15) is 5.10 Å². The van der Waals surface area contributed by atoms with E-state index in [-0.39, 0.29) is 0 Å². The van der Waals surface area contributed by atoms with Gasteiger partial charge >= 0.3 is 0 Å². The molecule has 0 spiro atoms. The molecule has 2 unspecified atom stereocenters. The zero-order chi connectivity index (χ0) is 13.7. The second-order valence-corrected chi connectivity index (χ2v) is 4.96. The second kappa shape index (κ2) is 6.48. The van der Waals surface area contributed by atoms with Crippen LogP contribution < -0.4 is 0 Å². The van der Waals surface area contributed by atoms with Crippen molar-refractivity contribution in [3.63, 3.8) is 0 Å². The topological polar surface area (TPSA) is 50.9 Å². The molecule has 0 amide bonds. The van der Waals surface area contributed by atoms with Gasteiger partial charge in [-0.05, 0) is 43.5 Å². The molecule has 2 aromatic rings. The van der Waals surface area contributed by atoms with Crippen molar-refractivity contribution in [3.05, 3.63) is 48.0 Å². The highest BCUT2D eigenvalue weighted by atomic mass is 16.3. The smallest absolute Gasteiger partial charge is 0.0650 e. The van der Waals surface area contributed by atoms with E-state index in [1.165, 1.54) is 0 Å². The van der Waals surface area contributed by atoms with Crippen LogP contribution in [0.1, 0.15) is 37.6 Å². The van der Waals surface area contributed by atoms with Gasteiger partial charge in [0.25, 0.3) is 0 Å². The Morgan fingerprint density at radius 2 is 1.95 bits per heavy atom. The van der Waals surface area contributed by atoms with Gasteiger partial charge in [0.1, 0.15) is 0 Å². The molecule has 102 valence electrons. The summed E-state index contributed by atoms with van der Waals surface area (Å²) < 4.78 is 1.97. The molecule has 2 heterocycles. The first-order valence-corrected chi connectivity index (χ1v) is 6.80. The van der Waals surface area contributed by atoms with E-state index in [4.69, 9.17) is 0 Å². The van der Waals surface area contributed by atoms with E-state index >= 15 is 0 Å². The van der Waals surface area contributed by atoms with Crippen molar-refractivity contribution in [1.29, 1.82) is 0 Å². The molecule has 2 rings (SSSR count). The molecule has 0 aliphatic rings. The first-order valence-electron chi connectivity index (χ1n) is 6.80. The van der Waals surface area contributed by atoms with Crippen molar-refractivity contribution in [2.45, 2.75) is 45.3 Å². The minimum Gasteiger partial charge on any atom is -0.392 e. The summed E-state index contributed by atoms with van der Waals surface area (Å²) >= 11 is 0. The zero-order valence-corrected chi connectivity index (χ0v) is 11.5. The van der Waals surface area contributed by atoms with Crippen LogP contribution >= 0.6 is 0 Å². The van der Waals surface area contributed by atoms with Crippen LogP contribution in [0, 0.1) is 0 Å². The van der Waals surface area contributed by atoms with Crippen LogP contribution in [0.4, 0.5) is 0 Å². The highest BCUT2D eigenvalue weighted by Gasteiger charge is 2.10. The molecule has 0 saturated heterocycles. The van der Waals surface area contributed by atoms with Crippen molar-refractivity contribution >= 4 is 0 Å². The maximum absolute atomic E-state index is 10.1. The fourth-order valence-corrected chi connectivity index (χ4v) is 2.02. The third kappa shape index (κ3) is 3.89. The monoisotopic (exact) mass is 259 g/mol. The highest BCUT2D eigenvalue weighted by molar-refractivity contribution is 5.12. The third-order valence-corrected chi connectivity index (χ3v) is 3.37. The minimum absolute atomic E-state index is 0.400. The Labute approximate surface area is 114 Å². The Bertz CT molecular complexity index is 495. The highest BCUT2D eigenvalue weighted by Crippen LogP contribution is 2.11. The zero-order valence-electron chi connectivity index (χ0n) is 11.5. The Kier molecular flexibility index (Phi) is 4.68. The summed E-state index contributed by atoms with van der Waals surface area (Å²) in [4.78, 5) is 3.97. The Morgan fingerprint density at radius 1 is 1.21 bits per heavy atom. The van der Waals surface area contributed by atoms with Crippen molar-refractivity contribution in [3.8, 4) is 0 Å². The Balaban J connectivity index is 1.92. The molecule has 2 aromatic heterocycles. The number of aliphatic hydroxyl groups is 1. The molecule has 0 bridgehead atoms. The molecule has 1 N–H and O–H groups in total. The quantitative estimate of drug-likeness (QED) is 0.866. The van der Waals surface area contributed by atoms with Crippen LogP contribution in [-0.2, 0) is 12.8 Å². The molecular formula is C15H21N3O. The molecule has 0 saturated carbocycles. The van der Waals surface area contributed by atoms with Crippen molar-refractivity contribution in [2.24, 2.45) is 0 Å². The van der Waals surface area contributed by atoms with Gasteiger partial charge in [0.05, 0.1) is 11.8 Å². The average Bonchev–Trinajstić information content (AvgIpc) is 2.87. The fraction of sp³-hybridized carbons (Fsp3) is 0.467. The lowest BCUT2D eigenvalue weighted by Gasteiger charge is -2.10. The van der Waals surface area contributed by atoms with Gasteiger partial charge in [0, 0.05) is 31.1 Å². The summed E-state index contributed by atoms with van der Waals surface area (Å²) in [6.07, 6.45) is 7.37. The summed E-state index contributed by atoms with van der Waals surface area (Å²) in [7, 11) is 0. The van der Waals surface area contributed by atoms with Crippen LogP contribution in [0.15, 0.2) is 36.8 Å². The number of pyridine rings is 1. The van der Waals surface area contributed by atoms with E-state index in [0.29, 0.717) is 18.9 Å². The average molecular weight is 259 g/mol. The van der Waals surface area contributed by atoms with E-state index in [0.717, 1.165) is 17.7 Å². The van der Waals surface area contributed by atoms with Gasteiger partial charge in [-0.15, -0.1) is 0 Å². The lowest BCUT2D eigenvalue weighted by molar-refractivity contribution is 0.174. The first kappa shape index (κ1) is 13.7. The number of hydrogen-bond donors (Lipinski definition) is 1. The molecular weight excluding hydrogens is 238 g/mol. The van der Waals surface area contributed by atoms with Gasteiger partial charge in [-0.3, -0.25) is 9.67 Å². The summed E-state index contributed by atoms with van der Waals surface area (Å²) in [5.41, 5.74) is 2.05. The van der Waals surface area contributed by atoms with Crippen molar-refractivity contribution < 1.29 is 5.11 Å². The summed E-state index contributed by atoms with van der Waals surface area (Å²) in [5.74, 6) is 0. The molecule has 4 nitrogen and oxygen atoms in total.